The second kappa shape index (κ2) is 4.68. The van der Waals surface area contributed by atoms with E-state index >= 15 is 0 Å². The molecule has 1 aliphatic carbocycles. The highest BCUT2D eigenvalue weighted by Crippen LogP contribution is 2.32. The minimum Gasteiger partial charge on any atom is -0.497 e. The number of benzene rings is 1. The summed E-state index contributed by atoms with van der Waals surface area (Å²) < 4.78 is 37.6. The predicted octanol–water partition coefficient (Wildman–Crippen LogP) is 1.11. The van der Waals surface area contributed by atoms with Gasteiger partial charge in [-0.2, -0.15) is 13.1 Å². The third kappa shape index (κ3) is 2.69. The van der Waals surface area contributed by atoms with Gasteiger partial charge in [-0.15, -0.1) is 0 Å². The minimum absolute atomic E-state index is 0.0581. The quantitative estimate of drug-likeness (QED) is 0.803. The second-order valence-corrected chi connectivity index (χ2v) is 5.25. The fourth-order valence-electron chi connectivity index (χ4n) is 2.08. The largest absolute Gasteiger partial charge is 0.497 e. The Morgan fingerprint density at radius 3 is 2.78 bits per heavy atom. The summed E-state index contributed by atoms with van der Waals surface area (Å²) in [5, 5.41) is 0. The highest BCUT2D eigenvalue weighted by Gasteiger charge is 2.28. The van der Waals surface area contributed by atoms with Gasteiger partial charge in [-0.1, -0.05) is 6.07 Å². The van der Waals surface area contributed by atoms with Crippen molar-refractivity contribution in [3.8, 4) is 5.75 Å². The molecule has 0 aliphatic heterocycles. The van der Waals surface area contributed by atoms with Crippen LogP contribution in [-0.4, -0.2) is 25.9 Å². The molecule has 0 bridgehead atoms. The van der Waals surface area contributed by atoms with Crippen LogP contribution < -0.4 is 9.46 Å². The lowest BCUT2D eigenvalue weighted by Gasteiger charge is -2.24. The highest BCUT2D eigenvalue weighted by molar-refractivity contribution is 7.83. The molecule has 0 saturated carbocycles. The fraction of sp³-hybridized carbons (Fsp3) is 0.364. The van der Waals surface area contributed by atoms with Gasteiger partial charge in [0, 0.05) is 18.0 Å². The van der Waals surface area contributed by atoms with Crippen molar-refractivity contribution in [1.29, 1.82) is 0 Å². The summed E-state index contributed by atoms with van der Waals surface area (Å²) in [6.45, 7) is 0. The first-order valence-electron chi connectivity index (χ1n) is 5.36. The molecule has 1 aliphatic rings. The van der Waals surface area contributed by atoms with Crippen molar-refractivity contribution in [3.63, 3.8) is 0 Å². The van der Waals surface area contributed by atoms with Crippen LogP contribution in [0, 0.1) is 0 Å². The van der Waals surface area contributed by atoms with E-state index in [-0.39, 0.29) is 12.2 Å². The standard InChI is InChI=1S/C11H13NO5S/c1-17-7-2-3-8-9(6-7)11(13)5-4-10(8)12-18(14,15)16/h2-3,6,10,12H,4-5H2,1H3,(H,14,15,16). The summed E-state index contributed by atoms with van der Waals surface area (Å²) in [5.41, 5.74) is 0.992. The third-order valence-electron chi connectivity index (χ3n) is 2.89. The van der Waals surface area contributed by atoms with Gasteiger partial charge in [-0.3, -0.25) is 9.35 Å². The molecular weight excluding hydrogens is 258 g/mol. The maximum atomic E-state index is 11.8. The number of Topliss-reactive ketones (excluding diaryl/α,β-unsaturated/α-hetero) is 1. The van der Waals surface area contributed by atoms with Crippen LogP contribution in [0.3, 0.4) is 0 Å². The molecule has 2 N–H and O–H groups in total. The van der Waals surface area contributed by atoms with Gasteiger partial charge >= 0.3 is 10.3 Å². The van der Waals surface area contributed by atoms with E-state index in [0.29, 0.717) is 23.3 Å². The first kappa shape index (κ1) is 13.0. The molecule has 0 saturated heterocycles. The Kier molecular flexibility index (Phi) is 3.38. The zero-order valence-corrected chi connectivity index (χ0v) is 10.5. The van der Waals surface area contributed by atoms with Gasteiger partial charge in [0.1, 0.15) is 5.75 Å². The number of ketones is 1. The molecule has 98 valence electrons. The van der Waals surface area contributed by atoms with Crippen LogP contribution in [-0.2, 0) is 10.3 Å². The third-order valence-corrected chi connectivity index (χ3v) is 3.47. The van der Waals surface area contributed by atoms with E-state index in [0.717, 1.165) is 0 Å². The Hall–Kier alpha value is -1.44. The van der Waals surface area contributed by atoms with Crippen LogP contribution in [0.2, 0.25) is 0 Å². The molecule has 18 heavy (non-hydrogen) atoms. The van der Waals surface area contributed by atoms with Crippen LogP contribution in [0.5, 0.6) is 5.75 Å². The van der Waals surface area contributed by atoms with Gasteiger partial charge in [0.25, 0.3) is 0 Å². The Labute approximate surface area is 105 Å². The lowest BCUT2D eigenvalue weighted by molar-refractivity contribution is 0.0965. The Bertz CT molecular complexity index is 581. The summed E-state index contributed by atoms with van der Waals surface area (Å²) >= 11 is 0. The van der Waals surface area contributed by atoms with Crippen LogP contribution in [0.4, 0.5) is 0 Å². The topological polar surface area (TPSA) is 92.7 Å². The van der Waals surface area contributed by atoms with Crippen LogP contribution in [0.15, 0.2) is 18.2 Å². The van der Waals surface area contributed by atoms with E-state index in [1.807, 2.05) is 0 Å². The van der Waals surface area contributed by atoms with Crippen molar-refractivity contribution >= 4 is 16.1 Å². The highest BCUT2D eigenvalue weighted by atomic mass is 32.2. The lowest BCUT2D eigenvalue weighted by Crippen LogP contribution is -2.31. The van der Waals surface area contributed by atoms with Gasteiger partial charge in [0.2, 0.25) is 0 Å². The molecule has 0 spiro atoms. The molecule has 1 aromatic carbocycles. The van der Waals surface area contributed by atoms with Crippen LogP contribution in [0.1, 0.15) is 34.8 Å². The second-order valence-electron chi connectivity index (χ2n) is 4.06. The zero-order chi connectivity index (χ0) is 13.3. The van der Waals surface area contributed by atoms with Gasteiger partial charge in [-0.25, -0.2) is 0 Å². The average molecular weight is 271 g/mol. The van der Waals surface area contributed by atoms with Crippen molar-refractivity contribution < 1.29 is 22.5 Å². The lowest BCUT2D eigenvalue weighted by atomic mass is 9.87. The minimum atomic E-state index is -4.29. The number of carbonyl (C=O) groups is 1. The molecular formula is C11H13NO5S. The summed E-state index contributed by atoms with van der Waals surface area (Å²) in [5.74, 6) is 0.479. The maximum absolute atomic E-state index is 11.8. The van der Waals surface area contributed by atoms with E-state index in [2.05, 4.69) is 4.72 Å². The summed E-state index contributed by atoms with van der Waals surface area (Å²) in [6, 6.07) is 4.28. The van der Waals surface area contributed by atoms with E-state index in [4.69, 9.17) is 9.29 Å². The number of fused-ring (bicyclic) bond motifs is 1. The molecule has 0 fully saturated rings. The van der Waals surface area contributed by atoms with Crippen molar-refractivity contribution in [2.75, 3.05) is 7.11 Å². The van der Waals surface area contributed by atoms with Crippen LogP contribution >= 0.6 is 0 Å². The van der Waals surface area contributed by atoms with Crippen LogP contribution in [0.25, 0.3) is 0 Å². The molecule has 1 atom stereocenters. The summed E-state index contributed by atoms with van der Waals surface area (Å²) in [7, 11) is -2.80. The smallest absolute Gasteiger partial charge is 0.333 e. The Balaban J connectivity index is 2.42. The van der Waals surface area contributed by atoms with E-state index in [1.165, 1.54) is 7.11 Å². The number of hydrogen-bond donors (Lipinski definition) is 2. The van der Waals surface area contributed by atoms with E-state index < -0.39 is 16.3 Å². The van der Waals surface area contributed by atoms with Crippen molar-refractivity contribution in [2.24, 2.45) is 0 Å². The van der Waals surface area contributed by atoms with Gasteiger partial charge < -0.3 is 4.74 Å². The van der Waals surface area contributed by atoms with E-state index in [1.54, 1.807) is 18.2 Å². The maximum Gasteiger partial charge on any atom is 0.333 e. The molecule has 1 aromatic rings. The molecule has 6 nitrogen and oxygen atoms in total. The SMILES string of the molecule is COc1ccc2c(c1)C(=O)CCC2NS(=O)(=O)O. The fourth-order valence-corrected chi connectivity index (χ4v) is 2.68. The monoisotopic (exact) mass is 271 g/mol. The van der Waals surface area contributed by atoms with Crippen molar-refractivity contribution in [3.05, 3.63) is 29.3 Å². The van der Waals surface area contributed by atoms with Gasteiger partial charge in [0.05, 0.1) is 7.11 Å². The van der Waals surface area contributed by atoms with Gasteiger partial charge in [0.15, 0.2) is 5.78 Å². The zero-order valence-electron chi connectivity index (χ0n) is 9.71. The molecule has 0 radical (unpaired) electrons. The van der Waals surface area contributed by atoms with Crippen molar-refractivity contribution in [1.82, 2.24) is 4.72 Å². The molecule has 0 aromatic heterocycles. The Morgan fingerprint density at radius 1 is 1.44 bits per heavy atom. The first-order chi connectivity index (χ1) is 8.40. The first-order valence-corrected chi connectivity index (χ1v) is 6.80. The summed E-state index contributed by atoms with van der Waals surface area (Å²) in [4.78, 5) is 11.8. The molecule has 1 unspecified atom stereocenters. The van der Waals surface area contributed by atoms with Gasteiger partial charge in [-0.05, 0) is 24.1 Å². The number of methoxy groups -OCH3 is 1. The number of rotatable bonds is 3. The predicted molar refractivity (Wildman–Crippen MR) is 64.0 cm³/mol. The number of hydrogen-bond acceptors (Lipinski definition) is 4. The number of ether oxygens (including phenoxy) is 1. The van der Waals surface area contributed by atoms with E-state index in [9.17, 15) is 13.2 Å². The summed E-state index contributed by atoms with van der Waals surface area (Å²) in [6.07, 6.45) is 0.561. The molecule has 0 amide bonds. The number of carbonyl (C=O) groups excluding carboxylic acids is 1. The van der Waals surface area contributed by atoms with Crippen molar-refractivity contribution in [2.45, 2.75) is 18.9 Å². The average Bonchev–Trinajstić information content (AvgIpc) is 2.31. The number of nitrogens with one attached hydrogen (secondary N) is 1. The molecule has 2 rings (SSSR count). The molecule has 0 heterocycles. The molecule has 7 heteroatoms. The normalized spacial score (nSPS) is 19.4. The Morgan fingerprint density at radius 2 is 2.17 bits per heavy atom.